The molecule has 0 saturated carbocycles. The van der Waals surface area contributed by atoms with E-state index in [1.54, 1.807) is 4.90 Å². The Morgan fingerprint density at radius 1 is 1.11 bits per heavy atom. The summed E-state index contributed by atoms with van der Waals surface area (Å²) in [6.45, 7) is 5.20. The van der Waals surface area contributed by atoms with E-state index in [0.717, 1.165) is 22.3 Å². The molecule has 5 heteroatoms. The van der Waals surface area contributed by atoms with Crippen LogP contribution in [0.5, 0.6) is 0 Å². The normalized spacial score (nSPS) is 26.8. The molecule has 4 rings (SSSR count). The van der Waals surface area contributed by atoms with Crippen molar-refractivity contribution in [3.8, 4) is 0 Å². The van der Waals surface area contributed by atoms with Crippen molar-refractivity contribution >= 4 is 6.09 Å². The number of morpholine rings is 1. The number of benzene rings is 2. The predicted molar refractivity (Wildman–Crippen MR) is 106 cm³/mol. The third-order valence-electron chi connectivity index (χ3n) is 6.08. The van der Waals surface area contributed by atoms with Gasteiger partial charge in [0.15, 0.2) is 0 Å². The number of piperidine rings is 1. The van der Waals surface area contributed by atoms with E-state index >= 15 is 0 Å². The summed E-state index contributed by atoms with van der Waals surface area (Å²) in [5, 5.41) is 11.5. The summed E-state index contributed by atoms with van der Waals surface area (Å²) in [4.78, 5) is 14.6. The van der Waals surface area contributed by atoms with Gasteiger partial charge in [0, 0.05) is 12.8 Å². The fourth-order valence-corrected chi connectivity index (χ4v) is 4.54. The second-order valence-corrected chi connectivity index (χ2v) is 7.98. The van der Waals surface area contributed by atoms with E-state index in [2.05, 4.69) is 19.9 Å². The maximum absolute atomic E-state index is 12.8. The van der Waals surface area contributed by atoms with Gasteiger partial charge in [0.2, 0.25) is 0 Å². The molecule has 1 amide bonds. The minimum atomic E-state index is -0.953. The molecular formula is C23H27NO4. The van der Waals surface area contributed by atoms with E-state index in [9.17, 15) is 9.90 Å². The predicted octanol–water partition coefficient (Wildman–Crippen LogP) is 3.69. The molecule has 2 aromatic carbocycles. The number of carbonyl (C=O) groups is 1. The summed E-state index contributed by atoms with van der Waals surface area (Å²) >= 11 is 0. The average molecular weight is 381 g/mol. The number of nitrogens with zero attached hydrogens (tertiary/aromatic N) is 1. The van der Waals surface area contributed by atoms with Crippen molar-refractivity contribution in [2.24, 2.45) is 0 Å². The molecule has 2 aliphatic rings. The van der Waals surface area contributed by atoms with Crippen LogP contribution in [0.2, 0.25) is 0 Å². The van der Waals surface area contributed by atoms with E-state index in [4.69, 9.17) is 9.47 Å². The topological polar surface area (TPSA) is 59.0 Å². The Balaban J connectivity index is 1.52. The molecule has 2 heterocycles. The van der Waals surface area contributed by atoms with Gasteiger partial charge in [-0.1, -0.05) is 48.5 Å². The molecule has 0 aliphatic carbocycles. The molecule has 2 unspecified atom stereocenters. The Morgan fingerprint density at radius 2 is 1.79 bits per heavy atom. The van der Waals surface area contributed by atoms with Gasteiger partial charge >= 0.3 is 6.09 Å². The fraction of sp³-hybridized carbons (Fsp3) is 0.435. The zero-order valence-electron chi connectivity index (χ0n) is 16.4. The van der Waals surface area contributed by atoms with Crippen LogP contribution in [0.3, 0.4) is 0 Å². The van der Waals surface area contributed by atoms with Crippen LogP contribution >= 0.6 is 0 Å². The van der Waals surface area contributed by atoms with Gasteiger partial charge in [-0.3, -0.25) is 4.90 Å². The molecule has 2 saturated heterocycles. The number of aliphatic hydroxyl groups is 1. The molecule has 2 aliphatic heterocycles. The minimum absolute atomic E-state index is 0.194. The molecule has 2 fully saturated rings. The third-order valence-corrected chi connectivity index (χ3v) is 6.08. The van der Waals surface area contributed by atoms with Crippen molar-refractivity contribution in [2.75, 3.05) is 13.2 Å². The smallest absolute Gasteiger partial charge is 0.410 e. The number of amides is 1. The Kier molecular flexibility index (Phi) is 5.13. The summed E-state index contributed by atoms with van der Waals surface area (Å²) in [5.74, 6) is 0. The lowest BCUT2D eigenvalue weighted by molar-refractivity contribution is -0.137. The lowest BCUT2D eigenvalue weighted by Gasteiger charge is -2.51. The quantitative estimate of drug-likeness (QED) is 0.881. The number of ether oxygens (including phenoxy) is 2. The van der Waals surface area contributed by atoms with Crippen molar-refractivity contribution < 1.29 is 19.4 Å². The van der Waals surface area contributed by atoms with Crippen molar-refractivity contribution in [3.63, 3.8) is 0 Å². The first-order valence-corrected chi connectivity index (χ1v) is 9.84. The van der Waals surface area contributed by atoms with Crippen molar-refractivity contribution in [1.29, 1.82) is 0 Å². The summed E-state index contributed by atoms with van der Waals surface area (Å²) in [5.41, 5.74) is 3.25. The highest BCUT2D eigenvalue weighted by Crippen LogP contribution is 2.42. The second kappa shape index (κ2) is 7.57. The Labute approximate surface area is 165 Å². The van der Waals surface area contributed by atoms with Gasteiger partial charge < -0.3 is 14.6 Å². The molecular weight excluding hydrogens is 354 g/mol. The summed E-state index contributed by atoms with van der Waals surface area (Å²) in [7, 11) is 0. The van der Waals surface area contributed by atoms with E-state index in [1.165, 1.54) is 0 Å². The van der Waals surface area contributed by atoms with Crippen LogP contribution in [0.15, 0.2) is 48.5 Å². The minimum Gasteiger partial charge on any atom is -0.445 e. The lowest BCUT2D eigenvalue weighted by atomic mass is 9.75. The average Bonchev–Trinajstić information content (AvgIpc) is 2.68. The maximum atomic E-state index is 12.8. The molecule has 1 N–H and O–H groups in total. The van der Waals surface area contributed by atoms with Crippen LogP contribution in [-0.2, 0) is 21.7 Å². The van der Waals surface area contributed by atoms with Crippen molar-refractivity contribution in [3.05, 3.63) is 70.8 Å². The van der Waals surface area contributed by atoms with Crippen LogP contribution in [0.25, 0.3) is 0 Å². The zero-order chi connectivity index (χ0) is 19.7. The molecule has 0 aromatic heterocycles. The summed E-state index contributed by atoms with van der Waals surface area (Å²) in [6, 6.07) is 15.3. The van der Waals surface area contributed by atoms with Gasteiger partial charge in [0.25, 0.3) is 0 Å². The van der Waals surface area contributed by atoms with Gasteiger partial charge in [-0.05, 0) is 36.1 Å². The Hall–Kier alpha value is -2.37. The van der Waals surface area contributed by atoms with Gasteiger partial charge in [0.05, 0.1) is 30.9 Å². The highest BCUT2D eigenvalue weighted by molar-refractivity contribution is 5.69. The van der Waals surface area contributed by atoms with Crippen LogP contribution in [-0.4, -0.2) is 41.4 Å². The standard InChI is InChI=1S/C23H27NO4/c1-16-7-6-10-21(17(16)2)23(26)11-19-14-27-15-20(12-23)24(19)22(25)28-13-18-8-4-3-5-9-18/h3-10,19-20,26H,11-15H2,1-2H3. The Bertz CT molecular complexity index is 837. The molecule has 148 valence electrons. The monoisotopic (exact) mass is 381 g/mol. The van der Waals surface area contributed by atoms with Gasteiger partial charge in [-0.25, -0.2) is 4.79 Å². The molecule has 2 bridgehead atoms. The van der Waals surface area contributed by atoms with Crippen LogP contribution in [0.1, 0.15) is 35.1 Å². The van der Waals surface area contributed by atoms with E-state index in [0.29, 0.717) is 26.1 Å². The number of aryl methyl sites for hydroxylation is 1. The van der Waals surface area contributed by atoms with E-state index < -0.39 is 5.60 Å². The fourth-order valence-electron chi connectivity index (χ4n) is 4.54. The summed E-state index contributed by atoms with van der Waals surface area (Å²) in [6.07, 6.45) is 0.577. The zero-order valence-corrected chi connectivity index (χ0v) is 16.4. The van der Waals surface area contributed by atoms with E-state index in [-0.39, 0.29) is 24.8 Å². The maximum Gasteiger partial charge on any atom is 0.410 e. The van der Waals surface area contributed by atoms with Crippen LogP contribution < -0.4 is 0 Å². The first-order valence-electron chi connectivity index (χ1n) is 9.84. The molecule has 5 nitrogen and oxygen atoms in total. The van der Waals surface area contributed by atoms with Gasteiger partial charge in [0.1, 0.15) is 6.61 Å². The second-order valence-electron chi connectivity index (χ2n) is 7.98. The summed E-state index contributed by atoms with van der Waals surface area (Å²) < 4.78 is 11.3. The highest BCUT2D eigenvalue weighted by atomic mass is 16.6. The molecule has 0 radical (unpaired) electrons. The van der Waals surface area contributed by atoms with Crippen molar-refractivity contribution in [2.45, 2.75) is 51.0 Å². The SMILES string of the molecule is Cc1cccc(C2(O)CC3COCC(C2)N3C(=O)OCc2ccccc2)c1C. The molecule has 0 spiro atoms. The highest BCUT2D eigenvalue weighted by Gasteiger charge is 2.49. The third kappa shape index (κ3) is 3.52. The van der Waals surface area contributed by atoms with Gasteiger partial charge in [-0.15, -0.1) is 0 Å². The number of hydrogen-bond donors (Lipinski definition) is 1. The first-order chi connectivity index (χ1) is 13.5. The number of rotatable bonds is 3. The Morgan fingerprint density at radius 3 is 2.46 bits per heavy atom. The van der Waals surface area contributed by atoms with E-state index in [1.807, 2.05) is 42.5 Å². The number of fused-ring (bicyclic) bond motifs is 2. The van der Waals surface area contributed by atoms with Crippen LogP contribution in [0, 0.1) is 13.8 Å². The number of carbonyl (C=O) groups excluding carboxylic acids is 1. The molecule has 2 atom stereocenters. The largest absolute Gasteiger partial charge is 0.445 e. The number of hydrogen-bond acceptors (Lipinski definition) is 4. The molecule has 2 aromatic rings. The van der Waals surface area contributed by atoms with Gasteiger partial charge in [-0.2, -0.15) is 0 Å². The molecule has 28 heavy (non-hydrogen) atoms. The lowest BCUT2D eigenvalue weighted by Crippen LogP contribution is -2.62. The first kappa shape index (κ1) is 19.0. The van der Waals surface area contributed by atoms with Crippen molar-refractivity contribution in [1.82, 2.24) is 4.90 Å². The van der Waals surface area contributed by atoms with Crippen LogP contribution in [0.4, 0.5) is 4.79 Å².